The van der Waals surface area contributed by atoms with Crippen molar-refractivity contribution in [3.8, 4) is 63.0 Å². The average Bonchev–Trinajstić information content (AvgIpc) is 3.44. The summed E-state index contributed by atoms with van der Waals surface area (Å²) in [5.41, 5.74) is 19.2. The number of allylic oxidation sites excluding steroid dienone is 6. The lowest BCUT2D eigenvalue weighted by Gasteiger charge is -2.14. The molecular formula is C54H38N4O. The van der Waals surface area contributed by atoms with Crippen molar-refractivity contribution in [2.45, 2.75) is 13.3 Å². The first-order valence-electron chi connectivity index (χ1n) is 19.5. The predicted octanol–water partition coefficient (Wildman–Crippen LogP) is 12.8. The second kappa shape index (κ2) is 16.6. The molecule has 5 heteroatoms. The van der Waals surface area contributed by atoms with E-state index in [1.54, 1.807) is 6.20 Å². The van der Waals surface area contributed by atoms with Gasteiger partial charge in [0.05, 0.1) is 22.6 Å². The molecule has 0 unspecified atom stereocenters. The Bertz CT molecular complexity index is 3030. The molecule has 4 aromatic heterocycles. The van der Waals surface area contributed by atoms with Crippen LogP contribution in [0.4, 0.5) is 0 Å². The maximum atomic E-state index is 5.70. The minimum Gasteiger partial charge on any atom is -0.408 e. The molecule has 0 bridgehead atoms. The van der Waals surface area contributed by atoms with Gasteiger partial charge in [-0.05, 0) is 114 Å². The zero-order valence-corrected chi connectivity index (χ0v) is 32.5. The minimum atomic E-state index is 0.565. The summed E-state index contributed by atoms with van der Waals surface area (Å²) in [6.45, 7) is 2.05. The molecule has 0 amide bonds. The standard InChI is InChI=1S/C54H38N4O/c1-3-14-43(27-22-41-35-39(26-31-54(41)59-4-2)42-15-13-32-55-37-42)58-52-29-24-38(44-16-5-7-18-46(44)50-20-9-11-33-56-50)23-28-48(52)49-36-40(25-30-53(49)58)45-17-6-8-19-47(45)51-21-10-12-34-57-51/h2-3,5-21,24-37H,22H2,1H3/b14-3-,43-27+. The molecule has 8 aromatic rings. The Hall–Kier alpha value is -8.03. The summed E-state index contributed by atoms with van der Waals surface area (Å²) in [4.78, 5) is 13.7. The normalized spacial score (nSPS) is 12.3. The second-order valence-electron chi connectivity index (χ2n) is 14.0. The van der Waals surface area contributed by atoms with Gasteiger partial charge in [0.25, 0.3) is 0 Å². The highest BCUT2D eigenvalue weighted by molar-refractivity contribution is 6.02. The van der Waals surface area contributed by atoms with Gasteiger partial charge in [-0.2, -0.15) is 0 Å². The Morgan fingerprint density at radius 1 is 0.712 bits per heavy atom. The molecule has 0 aliphatic heterocycles. The van der Waals surface area contributed by atoms with Crippen molar-refractivity contribution in [3.05, 3.63) is 211 Å². The fourth-order valence-electron chi connectivity index (χ4n) is 7.80. The van der Waals surface area contributed by atoms with E-state index >= 15 is 0 Å². The van der Waals surface area contributed by atoms with Crippen LogP contribution in [0.2, 0.25) is 0 Å². The van der Waals surface area contributed by atoms with Gasteiger partial charge in [0.15, 0.2) is 0 Å². The van der Waals surface area contributed by atoms with E-state index in [2.05, 4.69) is 148 Å². The molecule has 4 aromatic carbocycles. The summed E-state index contributed by atoms with van der Waals surface area (Å²) in [6, 6.07) is 45.7. The van der Waals surface area contributed by atoms with Crippen LogP contribution in [0.3, 0.4) is 0 Å². The number of terminal acetylenes is 1. The van der Waals surface area contributed by atoms with Crippen molar-refractivity contribution in [3.63, 3.8) is 0 Å². The van der Waals surface area contributed by atoms with Crippen LogP contribution in [0.5, 0.6) is 5.75 Å². The van der Waals surface area contributed by atoms with Gasteiger partial charge in [-0.15, -0.1) is 5.73 Å². The Morgan fingerprint density at radius 3 is 2.12 bits per heavy atom. The van der Waals surface area contributed by atoms with Crippen LogP contribution in [0.1, 0.15) is 29.3 Å². The number of hydrogen-bond acceptors (Lipinski definition) is 4. The van der Waals surface area contributed by atoms with Gasteiger partial charge in [-0.25, -0.2) is 0 Å². The molecule has 0 saturated carbocycles. The van der Waals surface area contributed by atoms with E-state index in [-0.39, 0.29) is 0 Å². The van der Waals surface area contributed by atoms with E-state index in [0.29, 0.717) is 12.2 Å². The van der Waals surface area contributed by atoms with Crippen LogP contribution in [0.15, 0.2) is 188 Å². The first-order valence-corrected chi connectivity index (χ1v) is 19.5. The second-order valence-corrected chi connectivity index (χ2v) is 14.0. The molecule has 0 saturated heterocycles. The fraction of sp³-hybridized carbons (Fsp3) is 0.0370. The molecule has 5 nitrogen and oxygen atoms in total. The highest BCUT2D eigenvalue weighted by Gasteiger charge is 2.20. The first-order chi connectivity index (χ1) is 29.2. The number of ether oxygens (including phenoxy) is 1. The number of fused-ring (bicyclic) bond motifs is 3. The molecule has 0 radical (unpaired) electrons. The van der Waals surface area contributed by atoms with Crippen molar-refractivity contribution < 1.29 is 4.74 Å². The minimum absolute atomic E-state index is 0.565. The number of aromatic nitrogens is 4. The van der Waals surface area contributed by atoms with E-state index in [0.717, 1.165) is 89.3 Å². The van der Waals surface area contributed by atoms with Crippen LogP contribution < -0.4 is 4.74 Å². The maximum absolute atomic E-state index is 5.70. The van der Waals surface area contributed by atoms with Gasteiger partial charge in [-0.3, -0.25) is 15.0 Å². The van der Waals surface area contributed by atoms with Crippen LogP contribution in [0, 0.1) is 12.5 Å². The Kier molecular flexibility index (Phi) is 10.3. The zero-order valence-electron chi connectivity index (χ0n) is 32.5. The third-order valence-electron chi connectivity index (χ3n) is 10.5. The quantitative estimate of drug-likeness (QED) is 0.0792. The summed E-state index contributed by atoms with van der Waals surface area (Å²) in [5, 5.41) is 1.11. The zero-order chi connectivity index (χ0) is 40.0. The monoisotopic (exact) mass is 758 g/mol. The number of benzene rings is 4. The van der Waals surface area contributed by atoms with Gasteiger partial charge < -0.3 is 9.30 Å². The lowest BCUT2D eigenvalue weighted by Crippen LogP contribution is -2.00. The van der Waals surface area contributed by atoms with Gasteiger partial charge in [-0.1, -0.05) is 97.4 Å². The summed E-state index contributed by atoms with van der Waals surface area (Å²) in [5.74, 6) is 0.645. The third kappa shape index (κ3) is 7.36. The molecule has 0 fully saturated rings. The van der Waals surface area contributed by atoms with Gasteiger partial charge in [0.2, 0.25) is 0 Å². The molecule has 1 aliphatic rings. The highest BCUT2D eigenvalue weighted by Crippen LogP contribution is 2.40. The first kappa shape index (κ1) is 36.6. The third-order valence-corrected chi connectivity index (χ3v) is 10.5. The number of hydrogen-bond donors (Lipinski definition) is 0. The Morgan fingerprint density at radius 2 is 1.42 bits per heavy atom. The van der Waals surface area contributed by atoms with Crippen molar-refractivity contribution in [1.82, 2.24) is 19.5 Å². The molecule has 0 N–H and O–H groups in total. The fourth-order valence-corrected chi connectivity index (χ4v) is 7.80. The largest absolute Gasteiger partial charge is 0.408 e. The van der Waals surface area contributed by atoms with Crippen LogP contribution in [-0.4, -0.2) is 19.5 Å². The molecule has 0 spiro atoms. The van der Waals surface area contributed by atoms with Crippen LogP contribution in [0.25, 0.3) is 79.1 Å². The molecule has 1 aliphatic carbocycles. The lowest BCUT2D eigenvalue weighted by atomic mass is 9.95. The smallest absolute Gasteiger partial charge is 0.143 e. The number of nitrogens with zero attached hydrogens (tertiary/aromatic N) is 4. The molecule has 0 atom stereocenters. The van der Waals surface area contributed by atoms with E-state index in [1.165, 1.54) is 0 Å². The molecule has 9 rings (SSSR count). The summed E-state index contributed by atoms with van der Waals surface area (Å²) >= 11 is 0. The van der Waals surface area contributed by atoms with Crippen molar-refractivity contribution in [2.24, 2.45) is 0 Å². The van der Waals surface area contributed by atoms with E-state index < -0.39 is 0 Å². The van der Waals surface area contributed by atoms with Crippen molar-refractivity contribution in [2.75, 3.05) is 0 Å². The van der Waals surface area contributed by atoms with Crippen LogP contribution >= 0.6 is 0 Å². The van der Waals surface area contributed by atoms with E-state index in [9.17, 15) is 0 Å². The molecule has 280 valence electrons. The van der Waals surface area contributed by atoms with Crippen molar-refractivity contribution >= 4 is 34.3 Å². The SMILES string of the molecule is C#COc1ccc(-c2cccnc2)cc1C/C=C(\C=C/C)n1c2c(c3cc(-c4ccccc4-c4ccccn4)ccc31)C=C=C(c1ccccc1-c1ccccn1)C=C2. The summed E-state index contributed by atoms with van der Waals surface area (Å²) in [7, 11) is 0. The number of rotatable bonds is 10. The molecular weight excluding hydrogens is 721 g/mol. The summed E-state index contributed by atoms with van der Waals surface area (Å²) in [6.07, 6.45) is 28.9. The van der Waals surface area contributed by atoms with Crippen molar-refractivity contribution in [1.29, 1.82) is 0 Å². The van der Waals surface area contributed by atoms with Crippen LogP contribution in [-0.2, 0) is 6.42 Å². The lowest BCUT2D eigenvalue weighted by molar-refractivity contribution is 0.515. The molecule has 4 heterocycles. The predicted molar refractivity (Wildman–Crippen MR) is 243 cm³/mol. The topological polar surface area (TPSA) is 52.8 Å². The van der Waals surface area contributed by atoms with E-state index in [1.807, 2.05) is 74.0 Å². The number of pyridine rings is 3. The van der Waals surface area contributed by atoms with Gasteiger partial charge >= 0.3 is 0 Å². The Balaban J connectivity index is 1.23. The van der Waals surface area contributed by atoms with Gasteiger partial charge in [0.1, 0.15) is 11.9 Å². The molecule has 59 heavy (non-hydrogen) atoms. The summed E-state index contributed by atoms with van der Waals surface area (Å²) < 4.78 is 8.04. The average molecular weight is 759 g/mol. The highest BCUT2D eigenvalue weighted by atomic mass is 16.5. The van der Waals surface area contributed by atoms with Gasteiger partial charge in [0, 0.05) is 69.3 Å². The maximum Gasteiger partial charge on any atom is 0.143 e. The Labute approximate surface area is 344 Å². The van der Waals surface area contributed by atoms with E-state index in [4.69, 9.17) is 16.1 Å².